The summed E-state index contributed by atoms with van der Waals surface area (Å²) in [6.07, 6.45) is 2.77. The van der Waals surface area contributed by atoms with E-state index in [2.05, 4.69) is 26.2 Å². The second-order valence-corrected chi connectivity index (χ2v) is 4.63. The maximum atomic E-state index is 11.8. The summed E-state index contributed by atoms with van der Waals surface area (Å²) in [5, 5.41) is 2.28. The number of hydrogen-bond donors (Lipinski definition) is 2. The molecule has 1 heterocycles. The molecule has 0 saturated heterocycles. The van der Waals surface area contributed by atoms with E-state index in [9.17, 15) is 14.4 Å². The number of Topliss-reactive ketones (excluding diaryl/α,β-unsaturated/α-hetero) is 1. The van der Waals surface area contributed by atoms with Crippen molar-refractivity contribution >= 4 is 33.3 Å². The summed E-state index contributed by atoms with van der Waals surface area (Å²) >= 11 is 3.24. The standard InChI is InChI=1S/C13H9BrN2O3/c14-9-3-1-8(2-4-9)12(18)13(19)16-10-7-15-6-5-11(10)17/h1-7H,(H,15,17)(H,16,19). The summed E-state index contributed by atoms with van der Waals surface area (Å²) in [7, 11) is 0. The van der Waals surface area contributed by atoms with Crippen molar-refractivity contribution in [2.24, 2.45) is 0 Å². The van der Waals surface area contributed by atoms with Gasteiger partial charge in [-0.1, -0.05) is 15.9 Å². The molecule has 96 valence electrons. The average Bonchev–Trinajstić information content (AvgIpc) is 2.41. The first-order valence-corrected chi connectivity index (χ1v) is 6.15. The molecular weight excluding hydrogens is 312 g/mol. The van der Waals surface area contributed by atoms with Crippen LogP contribution in [-0.4, -0.2) is 16.7 Å². The summed E-state index contributed by atoms with van der Waals surface area (Å²) in [4.78, 5) is 37.6. The molecule has 1 amide bonds. The predicted octanol–water partition coefficient (Wildman–Crippen LogP) is 1.96. The fraction of sp³-hybridized carbons (Fsp3) is 0. The van der Waals surface area contributed by atoms with Gasteiger partial charge < -0.3 is 10.3 Å². The van der Waals surface area contributed by atoms with Crippen molar-refractivity contribution in [1.82, 2.24) is 4.98 Å². The lowest BCUT2D eigenvalue weighted by Gasteiger charge is -2.03. The van der Waals surface area contributed by atoms with Crippen LogP contribution in [0.4, 0.5) is 5.69 Å². The Morgan fingerprint density at radius 1 is 1.11 bits per heavy atom. The molecule has 0 saturated carbocycles. The summed E-state index contributed by atoms with van der Waals surface area (Å²) in [5.74, 6) is -1.55. The maximum absolute atomic E-state index is 11.8. The van der Waals surface area contributed by atoms with Crippen LogP contribution in [0.3, 0.4) is 0 Å². The minimum atomic E-state index is -0.848. The largest absolute Gasteiger partial charge is 0.366 e. The molecular formula is C13H9BrN2O3. The van der Waals surface area contributed by atoms with E-state index in [1.54, 1.807) is 12.1 Å². The number of H-pyrrole nitrogens is 1. The Balaban J connectivity index is 2.17. The van der Waals surface area contributed by atoms with Gasteiger partial charge in [-0.05, 0) is 24.3 Å². The molecule has 0 aliphatic heterocycles. The topological polar surface area (TPSA) is 79.0 Å². The average molecular weight is 321 g/mol. The molecule has 19 heavy (non-hydrogen) atoms. The van der Waals surface area contributed by atoms with Crippen molar-refractivity contribution in [2.75, 3.05) is 5.32 Å². The van der Waals surface area contributed by atoms with E-state index >= 15 is 0 Å². The second kappa shape index (κ2) is 5.62. The first-order chi connectivity index (χ1) is 9.08. The van der Waals surface area contributed by atoms with Crippen LogP contribution < -0.4 is 10.7 Å². The number of nitrogens with one attached hydrogen (secondary N) is 2. The lowest BCUT2D eigenvalue weighted by Crippen LogP contribution is -2.25. The van der Waals surface area contributed by atoms with Crippen LogP contribution >= 0.6 is 15.9 Å². The van der Waals surface area contributed by atoms with E-state index < -0.39 is 11.7 Å². The highest BCUT2D eigenvalue weighted by atomic mass is 79.9. The van der Waals surface area contributed by atoms with E-state index in [1.807, 2.05) is 0 Å². The van der Waals surface area contributed by atoms with Gasteiger partial charge in [0.1, 0.15) is 5.69 Å². The molecule has 0 radical (unpaired) electrons. The molecule has 6 heteroatoms. The normalized spacial score (nSPS) is 9.95. The zero-order valence-electron chi connectivity index (χ0n) is 9.64. The van der Waals surface area contributed by atoms with E-state index in [4.69, 9.17) is 0 Å². The van der Waals surface area contributed by atoms with E-state index in [-0.39, 0.29) is 16.7 Å². The molecule has 1 aromatic carbocycles. The quantitative estimate of drug-likeness (QED) is 0.670. The number of anilines is 1. The Labute approximate surface area is 116 Å². The van der Waals surface area contributed by atoms with Crippen LogP contribution in [0.25, 0.3) is 0 Å². The maximum Gasteiger partial charge on any atom is 0.296 e. The van der Waals surface area contributed by atoms with E-state index in [0.717, 1.165) is 4.47 Å². The number of aromatic nitrogens is 1. The van der Waals surface area contributed by atoms with Gasteiger partial charge in [0.05, 0.1) is 0 Å². The molecule has 2 N–H and O–H groups in total. The third-order valence-corrected chi connectivity index (χ3v) is 2.91. The minimum Gasteiger partial charge on any atom is -0.366 e. The number of pyridine rings is 1. The third kappa shape index (κ3) is 3.17. The Bertz CT molecular complexity index is 677. The monoisotopic (exact) mass is 320 g/mol. The van der Waals surface area contributed by atoms with Gasteiger partial charge in [-0.15, -0.1) is 0 Å². The Hall–Kier alpha value is -2.21. The number of amides is 1. The molecule has 2 rings (SSSR count). The van der Waals surface area contributed by atoms with E-state index in [0.29, 0.717) is 0 Å². The second-order valence-electron chi connectivity index (χ2n) is 3.71. The van der Waals surface area contributed by atoms with Crippen molar-refractivity contribution in [3.05, 3.63) is 63.0 Å². The van der Waals surface area contributed by atoms with Gasteiger partial charge in [-0.3, -0.25) is 14.4 Å². The van der Waals surface area contributed by atoms with Crippen molar-refractivity contribution < 1.29 is 9.59 Å². The van der Waals surface area contributed by atoms with Crippen LogP contribution in [0.5, 0.6) is 0 Å². The van der Waals surface area contributed by atoms with Crippen molar-refractivity contribution in [3.8, 4) is 0 Å². The summed E-state index contributed by atoms with van der Waals surface area (Å²) < 4.78 is 0.809. The fourth-order valence-corrected chi connectivity index (χ4v) is 1.69. The highest BCUT2D eigenvalue weighted by molar-refractivity contribution is 9.10. The number of rotatable bonds is 3. The van der Waals surface area contributed by atoms with Gasteiger partial charge in [0, 0.05) is 28.5 Å². The molecule has 0 atom stereocenters. The smallest absolute Gasteiger partial charge is 0.296 e. The molecule has 0 fully saturated rings. The molecule has 2 aromatic rings. The number of halogens is 1. The zero-order valence-corrected chi connectivity index (χ0v) is 11.2. The Kier molecular flexibility index (Phi) is 3.91. The lowest BCUT2D eigenvalue weighted by molar-refractivity contribution is -0.112. The van der Waals surface area contributed by atoms with Crippen LogP contribution in [0.2, 0.25) is 0 Å². The van der Waals surface area contributed by atoms with Crippen molar-refractivity contribution in [1.29, 1.82) is 0 Å². The van der Waals surface area contributed by atoms with Gasteiger partial charge in [0.2, 0.25) is 5.43 Å². The van der Waals surface area contributed by atoms with E-state index in [1.165, 1.54) is 30.6 Å². The minimum absolute atomic E-state index is 0.0398. The fourth-order valence-electron chi connectivity index (χ4n) is 1.43. The van der Waals surface area contributed by atoms with Gasteiger partial charge >= 0.3 is 0 Å². The van der Waals surface area contributed by atoms with Crippen LogP contribution in [0.1, 0.15) is 10.4 Å². The first kappa shape index (κ1) is 13.2. The number of aromatic amines is 1. The van der Waals surface area contributed by atoms with Crippen LogP contribution in [0.15, 0.2) is 52.0 Å². The molecule has 0 aliphatic carbocycles. The highest BCUT2D eigenvalue weighted by Gasteiger charge is 2.17. The number of carbonyl (C=O) groups is 2. The predicted molar refractivity (Wildman–Crippen MR) is 74.2 cm³/mol. The summed E-state index contributed by atoms with van der Waals surface area (Å²) in [6.45, 7) is 0. The Morgan fingerprint density at radius 2 is 1.79 bits per heavy atom. The molecule has 1 aromatic heterocycles. The molecule has 0 spiro atoms. The SMILES string of the molecule is O=C(Nc1c[nH]ccc1=O)C(=O)c1ccc(Br)cc1. The van der Waals surface area contributed by atoms with Crippen LogP contribution in [-0.2, 0) is 4.79 Å². The first-order valence-electron chi connectivity index (χ1n) is 5.36. The number of hydrogen-bond acceptors (Lipinski definition) is 3. The third-order valence-electron chi connectivity index (χ3n) is 2.38. The van der Waals surface area contributed by atoms with Gasteiger partial charge in [-0.25, -0.2) is 0 Å². The summed E-state index contributed by atoms with van der Waals surface area (Å²) in [5.41, 5.74) is -0.0678. The molecule has 0 bridgehead atoms. The van der Waals surface area contributed by atoms with Crippen LogP contribution in [0, 0.1) is 0 Å². The Morgan fingerprint density at radius 3 is 2.42 bits per heavy atom. The zero-order chi connectivity index (χ0) is 13.8. The lowest BCUT2D eigenvalue weighted by atomic mass is 10.1. The number of benzene rings is 1. The van der Waals surface area contributed by atoms with Crippen molar-refractivity contribution in [2.45, 2.75) is 0 Å². The molecule has 5 nitrogen and oxygen atoms in total. The van der Waals surface area contributed by atoms with Gasteiger partial charge in [0.15, 0.2) is 0 Å². The highest BCUT2D eigenvalue weighted by Crippen LogP contribution is 2.11. The molecule has 0 aliphatic rings. The molecule has 0 unspecified atom stereocenters. The number of ketones is 1. The summed E-state index contributed by atoms with van der Waals surface area (Å²) in [6, 6.07) is 7.65. The van der Waals surface area contributed by atoms with Crippen molar-refractivity contribution in [3.63, 3.8) is 0 Å². The number of carbonyl (C=O) groups excluding carboxylic acids is 2. The van der Waals surface area contributed by atoms with Gasteiger partial charge in [0.25, 0.3) is 11.7 Å². The van der Waals surface area contributed by atoms with Gasteiger partial charge in [-0.2, -0.15) is 0 Å².